The van der Waals surface area contributed by atoms with Crippen LogP contribution < -0.4 is 5.32 Å². The number of aromatic nitrogens is 1. The van der Waals surface area contributed by atoms with Crippen LogP contribution in [0.2, 0.25) is 0 Å². The van der Waals surface area contributed by atoms with Gasteiger partial charge < -0.3 is 10.2 Å². The summed E-state index contributed by atoms with van der Waals surface area (Å²) in [6.45, 7) is 9.40. The average molecular weight is 267 g/mol. The van der Waals surface area contributed by atoms with Gasteiger partial charge in [0.25, 0.3) is 0 Å². The molecule has 0 aromatic carbocycles. The number of hydrogen-bond acceptors (Lipinski definition) is 4. The third-order valence-electron chi connectivity index (χ3n) is 3.87. The van der Waals surface area contributed by atoms with Gasteiger partial charge in [-0.05, 0) is 45.2 Å². The SMILES string of the molecule is CCCN1CCCC(C(C)NCc2cncs2)C1. The van der Waals surface area contributed by atoms with E-state index in [1.807, 2.05) is 11.7 Å². The lowest BCUT2D eigenvalue weighted by atomic mass is 9.91. The van der Waals surface area contributed by atoms with Gasteiger partial charge in [-0.2, -0.15) is 0 Å². The van der Waals surface area contributed by atoms with Crippen molar-refractivity contribution in [3.63, 3.8) is 0 Å². The van der Waals surface area contributed by atoms with E-state index in [0.29, 0.717) is 6.04 Å². The van der Waals surface area contributed by atoms with Gasteiger partial charge in [-0.1, -0.05) is 6.92 Å². The molecule has 1 aliphatic rings. The predicted octanol–water partition coefficient (Wildman–Crippen LogP) is 2.74. The van der Waals surface area contributed by atoms with Crippen LogP contribution in [-0.2, 0) is 6.54 Å². The number of piperidine rings is 1. The van der Waals surface area contributed by atoms with Gasteiger partial charge in [-0.3, -0.25) is 4.98 Å². The highest BCUT2D eigenvalue weighted by atomic mass is 32.1. The van der Waals surface area contributed by atoms with E-state index in [4.69, 9.17) is 0 Å². The first-order valence-corrected chi connectivity index (χ1v) is 8.00. The van der Waals surface area contributed by atoms with Crippen LogP contribution in [-0.4, -0.2) is 35.6 Å². The summed E-state index contributed by atoms with van der Waals surface area (Å²) < 4.78 is 0. The summed E-state index contributed by atoms with van der Waals surface area (Å²) in [5, 5.41) is 3.66. The van der Waals surface area contributed by atoms with Gasteiger partial charge in [0.05, 0.1) is 5.51 Å². The van der Waals surface area contributed by atoms with Gasteiger partial charge in [0.15, 0.2) is 0 Å². The fourth-order valence-electron chi connectivity index (χ4n) is 2.78. The molecule has 1 N–H and O–H groups in total. The van der Waals surface area contributed by atoms with E-state index in [1.165, 1.54) is 43.8 Å². The smallest absolute Gasteiger partial charge is 0.0794 e. The molecule has 2 unspecified atom stereocenters. The second-order valence-electron chi connectivity index (χ2n) is 5.34. The molecule has 3 nitrogen and oxygen atoms in total. The molecule has 0 bridgehead atoms. The molecule has 1 aliphatic heterocycles. The number of thiazole rings is 1. The third-order valence-corrected chi connectivity index (χ3v) is 4.65. The van der Waals surface area contributed by atoms with Gasteiger partial charge in [0.1, 0.15) is 0 Å². The molecule has 1 saturated heterocycles. The quantitative estimate of drug-likeness (QED) is 0.859. The van der Waals surface area contributed by atoms with E-state index < -0.39 is 0 Å². The maximum absolute atomic E-state index is 4.12. The molecular formula is C14H25N3S. The number of nitrogens with zero attached hydrogens (tertiary/aromatic N) is 2. The predicted molar refractivity (Wildman–Crippen MR) is 77.9 cm³/mol. The summed E-state index contributed by atoms with van der Waals surface area (Å²) in [4.78, 5) is 8.08. The average Bonchev–Trinajstić information content (AvgIpc) is 2.90. The molecule has 102 valence electrons. The van der Waals surface area contributed by atoms with E-state index in [0.717, 1.165) is 12.5 Å². The molecule has 4 heteroatoms. The summed E-state index contributed by atoms with van der Waals surface area (Å²) in [6, 6.07) is 0.603. The normalized spacial score (nSPS) is 23.1. The molecule has 0 radical (unpaired) electrons. The minimum absolute atomic E-state index is 0.603. The van der Waals surface area contributed by atoms with Gasteiger partial charge in [-0.25, -0.2) is 0 Å². The van der Waals surface area contributed by atoms with Crippen LogP contribution >= 0.6 is 11.3 Å². The Balaban J connectivity index is 1.75. The second-order valence-corrected chi connectivity index (χ2v) is 6.31. The van der Waals surface area contributed by atoms with Crippen molar-refractivity contribution in [3.05, 3.63) is 16.6 Å². The fraction of sp³-hybridized carbons (Fsp3) is 0.786. The van der Waals surface area contributed by atoms with Crippen molar-refractivity contribution in [2.45, 2.75) is 45.7 Å². The summed E-state index contributed by atoms with van der Waals surface area (Å²) in [6.07, 6.45) is 5.97. The van der Waals surface area contributed by atoms with Gasteiger partial charge in [0.2, 0.25) is 0 Å². The Morgan fingerprint density at radius 3 is 3.22 bits per heavy atom. The minimum atomic E-state index is 0.603. The van der Waals surface area contributed by atoms with Crippen LogP contribution in [0.5, 0.6) is 0 Å². The molecule has 1 aromatic heterocycles. The highest BCUT2D eigenvalue weighted by Gasteiger charge is 2.23. The number of nitrogens with one attached hydrogen (secondary N) is 1. The van der Waals surface area contributed by atoms with E-state index in [1.54, 1.807) is 11.3 Å². The number of likely N-dealkylation sites (tertiary alicyclic amines) is 1. The molecule has 0 spiro atoms. The molecule has 0 amide bonds. The van der Waals surface area contributed by atoms with Crippen LogP contribution in [0.15, 0.2) is 11.7 Å². The Kier molecular flexibility index (Phi) is 5.60. The molecular weight excluding hydrogens is 242 g/mol. The zero-order chi connectivity index (χ0) is 12.8. The zero-order valence-corrected chi connectivity index (χ0v) is 12.4. The van der Waals surface area contributed by atoms with Crippen molar-refractivity contribution in [2.24, 2.45) is 5.92 Å². The summed E-state index contributed by atoms with van der Waals surface area (Å²) in [7, 11) is 0. The van der Waals surface area contributed by atoms with E-state index in [9.17, 15) is 0 Å². The maximum Gasteiger partial charge on any atom is 0.0794 e. The Morgan fingerprint density at radius 1 is 1.61 bits per heavy atom. The van der Waals surface area contributed by atoms with Crippen LogP contribution in [0.3, 0.4) is 0 Å². The van der Waals surface area contributed by atoms with E-state index >= 15 is 0 Å². The second kappa shape index (κ2) is 7.22. The molecule has 18 heavy (non-hydrogen) atoms. The fourth-order valence-corrected chi connectivity index (χ4v) is 3.32. The first-order chi connectivity index (χ1) is 8.79. The van der Waals surface area contributed by atoms with Gasteiger partial charge >= 0.3 is 0 Å². The van der Waals surface area contributed by atoms with Crippen LogP contribution in [0, 0.1) is 5.92 Å². The van der Waals surface area contributed by atoms with E-state index in [2.05, 4.69) is 29.0 Å². The largest absolute Gasteiger partial charge is 0.309 e. The number of rotatable bonds is 6. The highest BCUT2D eigenvalue weighted by molar-refractivity contribution is 7.09. The molecule has 0 saturated carbocycles. The molecule has 0 aliphatic carbocycles. The van der Waals surface area contributed by atoms with E-state index in [-0.39, 0.29) is 0 Å². The maximum atomic E-state index is 4.12. The zero-order valence-electron chi connectivity index (χ0n) is 11.6. The van der Waals surface area contributed by atoms with Crippen molar-refractivity contribution in [1.82, 2.24) is 15.2 Å². The molecule has 2 rings (SSSR count). The standard InChI is InChI=1S/C14H25N3S/c1-3-6-17-7-4-5-13(10-17)12(2)16-9-14-8-15-11-18-14/h8,11-13,16H,3-7,9-10H2,1-2H3. The Hall–Kier alpha value is -0.450. The first kappa shape index (κ1) is 14.0. The lowest BCUT2D eigenvalue weighted by Crippen LogP contribution is -2.44. The highest BCUT2D eigenvalue weighted by Crippen LogP contribution is 2.20. The van der Waals surface area contributed by atoms with Crippen molar-refractivity contribution in [3.8, 4) is 0 Å². The Bertz CT molecular complexity index is 324. The van der Waals surface area contributed by atoms with Crippen LogP contribution in [0.25, 0.3) is 0 Å². The van der Waals surface area contributed by atoms with Crippen molar-refractivity contribution in [2.75, 3.05) is 19.6 Å². The van der Waals surface area contributed by atoms with Gasteiger partial charge in [-0.15, -0.1) is 11.3 Å². The van der Waals surface area contributed by atoms with Crippen molar-refractivity contribution < 1.29 is 0 Å². The number of hydrogen-bond donors (Lipinski definition) is 1. The Labute approximate surface area is 115 Å². The topological polar surface area (TPSA) is 28.2 Å². The molecule has 2 atom stereocenters. The van der Waals surface area contributed by atoms with Crippen molar-refractivity contribution >= 4 is 11.3 Å². The van der Waals surface area contributed by atoms with Crippen LogP contribution in [0.1, 0.15) is 38.0 Å². The lowest BCUT2D eigenvalue weighted by Gasteiger charge is -2.36. The van der Waals surface area contributed by atoms with Gasteiger partial charge in [0, 0.05) is 30.2 Å². The summed E-state index contributed by atoms with van der Waals surface area (Å²) >= 11 is 1.74. The summed E-state index contributed by atoms with van der Waals surface area (Å²) in [5.74, 6) is 0.804. The molecule has 2 heterocycles. The first-order valence-electron chi connectivity index (χ1n) is 7.12. The Morgan fingerprint density at radius 2 is 2.50 bits per heavy atom. The monoisotopic (exact) mass is 267 g/mol. The van der Waals surface area contributed by atoms with Crippen molar-refractivity contribution in [1.29, 1.82) is 0 Å². The third kappa shape index (κ3) is 4.04. The lowest BCUT2D eigenvalue weighted by molar-refractivity contribution is 0.150. The summed E-state index contributed by atoms with van der Waals surface area (Å²) in [5.41, 5.74) is 1.91. The minimum Gasteiger partial charge on any atom is -0.309 e. The molecule has 1 aromatic rings. The van der Waals surface area contributed by atoms with Crippen LogP contribution in [0.4, 0.5) is 0 Å². The molecule has 1 fully saturated rings.